The Morgan fingerprint density at radius 1 is 1.17 bits per heavy atom. The van der Waals surface area contributed by atoms with Crippen molar-refractivity contribution in [3.63, 3.8) is 0 Å². The summed E-state index contributed by atoms with van der Waals surface area (Å²) in [4.78, 5) is 25.1. The Labute approximate surface area is 177 Å². The standard InChI is InChI=1S/C24H29N3O3/c1-6-9-26-15(2)10-19(17(26)4)12-20(13-25)24(29)30-14-23(28)22-11-16(3)27(18(22)5)21-7-8-21/h10-12,21H,6-9,14H2,1-5H3/b20-12+. The van der Waals surface area contributed by atoms with Gasteiger partial charge in [-0.15, -0.1) is 0 Å². The summed E-state index contributed by atoms with van der Waals surface area (Å²) in [6, 6.07) is 6.20. The molecule has 2 aromatic rings. The van der Waals surface area contributed by atoms with Crippen LogP contribution in [0.25, 0.3) is 6.08 Å². The Hall–Kier alpha value is -3.07. The summed E-state index contributed by atoms with van der Waals surface area (Å²) >= 11 is 0. The smallest absolute Gasteiger partial charge is 0.349 e. The number of ether oxygens (including phenoxy) is 1. The summed E-state index contributed by atoms with van der Waals surface area (Å²) in [6.45, 7) is 10.5. The number of carbonyl (C=O) groups is 2. The van der Waals surface area contributed by atoms with Crippen LogP contribution in [0.3, 0.4) is 0 Å². The molecular formula is C24H29N3O3. The molecule has 0 amide bonds. The molecule has 30 heavy (non-hydrogen) atoms. The van der Waals surface area contributed by atoms with E-state index in [1.54, 1.807) is 6.08 Å². The van der Waals surface area contributed by atoms with Gasteiger partial charge in [0.1, 0.15) is 11.6 Å². The maximum Gasteiger partial charge on any atom is 0.349 e. The van der Waals surface area contributed by atoms with Gasteiger partial charge >= 0.3 is 5.97 Å². The Morgan fingerprint density at radius 2 is 1.87 bits per heavy atom. The topological polar surface area (TPSA) is 77.0 Å². The van der Waals surface area contributed by atoms with E-state index in [4.69, 9.17) is 4.74 Å². The predicted molar refractivity (Wildman–Crippen MR) is 115 cm³/mol. The average Bonchev–Trinajstić information content (AvgIpc) is 3.45. The van der Waals surface area contributed by atoms with E-state index in [0.29, 0.717) is 11.6 Å². The quantitative estimate of drug-likeness (QED) is 0.277. The van der Waals surface area contributed by atoms with Gasteiger partial charge in [-0.25, -0.2) is 4.79 Å². The Kier molecular flexibility index (Phi) is 6.31. The summed E-state index contributed by atoms with van der Waals surface area (Å²) in [6.07, 6.45) is 4.80. The molecule has 0 bridgehead atoms. The van der Waals surface area contributed by atoms with Crippen molar-refractivity contribution >= 4 is 17.8 Å². The van der Waals surface area contributed by atoms with Gasteiger partial charge in [-0.2, -0.15) is 5.26 Å². The first kappa shape index (κ1) is 21.6. The molecule has 0 unspecified atom stereocenters. The number of Topliss-reactive ketones (excluding diaryl/α,β-unsaturated/α-hetero) is 1. The highest BCUT2D eigenvalue weighted by molar-refractivity contribution is 6.02. The largest absolute Gasteiger partial charge is 0.453 e. The summed E-state index contributed by atoms with van der Waals surface area (Å²) < 4.78 is 9.53. The molecule has 1 aliphatic rings. The molecule has 2 aromatic heterocycles. The molecule has 1 saturated carbocycles. The third kappa shape index (κ3) is 4.25. The Morgan fingerprint density at radius 3 is 2.47 bits per heavy atom. The molecule has 2 heterocycles. The van der Waals surface area contributed by atoms with Crippen molar-refractivity contribution in [2.75, 3.05) is 6.61 Å². The van der Waals surface area contributed by atoms with Gasteiger partial charge in [-0.3, -0.25) is 4.79 Å². The van der Waals surface area contributed by atoms with E-state index in [1.807, 2.05) is 45.9 Å². The van der Waals surface area contributed by atoms with Gasteiger partial charge in [-0.05, 0) is 70.7 Å². The number of hydrogen-bond acceptors (Lipinski definition) is 4. The number of aryl methyl sites for hydroxylation is 2. The van der Waals surface area contributed by atoms with Gasteiger partial charge in [0.15, 0.2) is 6.61 Å². The highest BCUT2D eigenvalue weighted by atomic mass is 16.5. The third-order valence-corrected chi connectivity index (χ3v) is 5.73. The maximum absolute atomic E-state index is 12.6. The van der Waals surface area contributed by atoms with Crippen LogP contribution < -0.4 is 0 Å². The van der Waals surface area contributed by atoms with Gasteiger partial charge in [0, 0.05) is 40.9 Å². The van der Waals surface area contributed by atoms with Crippen molar-refractivity contribution in [2.24, 2.45) is 0 Å². The van der Waals surface area contributed by atoms with Gasteiger partial charge in [0.2, 0.25) is 5.78 Å². The normalized spacial score (nSPS) is 13.9. The Balaban J connectivity index is 1.71. The van der Waals surface area contributed by atoms with Crippen LogP contribution in [0, 0.1) is 39.0 Å². The number of nitriles is 1. The number of aromatic nitrogens is 2. The molecule has 3 rings (SSSR count). The van der Waals surface area contributed by atoms with E-state index < -0.39 is 5.97 Å². The number of ketones is 1. The molecule has 0 N–H and O–H groups in total. The van der Waals surface area contributed by atoms with Crippen LogP contribution in [0.5, 0.6) is 0 Å². The zero-order valence-corrected chi connectivity index (χ0v) is 18.4. The molecule has 158 valence electrons. The molecule has 0 radical (unpaired) electrons. The van der Waals surface area contributed by atoms with Crippen molar-refractivity contribution in [2.45, 2.75) is 66.5 Å². The molecule has 0 aliphatic heterocycles. The predicted octanol–water partition coefficient (Wildman–Crippen LogP) is 4.60. The van der Waals surface area contributed by atoms with Gasteiger partial charge in [-0.1, -0.05) is 6.92 Å². The number of rotatable bonds is 8. The fraction of sp³-hybridized carbons (Fsp3) is 0.458. The first-order valence-corrected chi connectivity index (χ1v) is 10.5. The molecule has 6 heteroatoms. The second-order valence-electron chi connectivity index (χ2n) is 8.03. The summed E-state index contributed by atoms with van der Waals surface area (Å²) in [7, 11) is 0. The monoisotopic (exact) mass is 407 g/mol. The van der Waals surface area contributed by atoms with E-state index in [2.05, 4.69) is 16.1 Å². The molecule has 0 saturated heterocycles. The van der Waals surface area contributed by atoms with E-state index in [0.717, 1.165) is 54.1 Å². The average molecular weight is 408 g/mol. The van der Waals surface area contributed by atoms with Crippen molar-refractivity contribution in [1.29, 1.82) is 5.26 Å². The lowest BCUT2D eigenvalue weighted by Crippen LogP contribution is -2.16. The number of nitrogens with zero attached hydrogens (tertiary/aromatic N) is 3. The maximum atomic E-state index is 12.6. The Bertz CT molecular complexity index is 1060. The second kappa shape index (κ2) is 8.74. The van der Waals surface area contributed by atoms with Crippen molar-refractivity contribution in [1.82, 2.24) is 9.13 Å². The van der Waals surface area contributed by atoms with Crippen molar-refractivity contribution in [3.05, 3.63) is 51.6 Å². The van der Waals surface area contributed by atoms with Crippen molar-refractivity contribution < 1.29 is 14.3 Å². The first-order chi connectivity index (χ1) is 14.3. The summed E-state index contributed by atoms with van der Waals surface area (Å²) in [5.41, 5.74) is 5.32. The van der Waals surface area contributed by atoms with Crippen LogP contribution in [-0.2, 0) is 16.1 Å². The highest BCUT2D eigenvalue weighted by Crippen LogP contribution is 2.38. The molecule has 6 nitrogen and oxygen atoms in total. The molecule has 0 spiro atoms. The molecular weight excluding hydrogens is 378 g/mol. The zero-order valence-electron chi connectivity index (χ0n) is 18.4. The van der Waals surface area contributed by atoms with Gasteiger partial charge in [0.05, 0.1) is 0 Å². The minimum absolute atomic E-state index is 0.108. The number of hydrogen-bond donors (Lipinski definition) is 0. The van der Waals surface area contributed by atoms with E-state index in [9.17, 15) is 14.9 Å². The lowest BCUT2D eigenvalue weighted by molar-refractivity contribution is -0.137. The van der Waals surface area contributed by atoms with Crippen LogP contribution in [0.15, 0.2) is 17.7 Å². The zero-order chi connectivity index (χ0) is 22.0. The lowest BCUT2D eigenvalue weighted by Gasteiger charge is -2.08. The van der Waals surface area contributed by atoms with Crippen LogP contribution in [0.1, 0.15) is 70.9 Å². The van der Waals surface area contributed by atoms with E-state index in [1.165, 1.54) is 0 Å². The van der Waals surface area contributed by atoms with Gasteiger partial charge < -0.3 is 13.9 Å². The lowest BCUT2D eigenvalue weighted by atomic mass is 10.1. The summed E-state index contributed by atoms with van der Waals surface area (Å²) in [5.74, 6) is -1.02. The minimum atomic E-state index is -0.776. The van der Waals surface area contributed by atoms with Crippen LogP contribution in [0.4, 0.5) is 0 Å². The summed E-state index contributed by atoms with van der Waals surface area (Å²) in [5, 5.41) is 9.45. The fourth-order valence-corrected chi connectivity index (χ4v) is 4.07. The number of esters is 1. The molecule has 1 aliphatic carbocycles. The van der Waals surface area contributed by atoms with Crippen LogP contribution in [0.2, 0.25) is 0 Å². The third-order valence-electron chi connectivity index (χ3n) is 5.73. The number of carbonyl (C=O) groups excluding carboxylic acids is 2. The van der Waals surface area contributed by atoms with E-state index >= 15 is 0 Å². The van der Waals surface area contributed by atoms with Gasteiger partial charge in [0.25, 0.3) is 0 Å². The van der Waals surface area contributed by atoms with E-state index in [-0.39, 0.29) is 18.0 Å². The highest BCUT2D eigenvalue weighted by Gasteiger charge is 2.28. The second-order valence-corrected chi connectivity index (χ2v) is 8.03. The minimum Gasteiger partial charge on any atom is -0.453 e. The van der Waals surface area contributed by atoms with Crippen LogP contribution >= 0.6 is 0 Å². The molecule has 0 atom stereocenters. The SMILES string of the molecule is CCCn1c(C)cc(/C=C(\C#N)C(=O)OCC(=O)c2cc(C)n(C3CC3)c2C)c1C. The fourth-order valence-electron chi connectivity index (χ4n) is 4.07. The first-order valence-electron chi connectivity index (χ1n) is 10.5. The molecule has 1 fully saturated rings. The van der Waals surface area contributed by atoms with Crippen LogP contribution in [-0.4, -0.2) is 27.5 Å². The van der Waals surface area contributed by atoms with Crippen molar-refractivity contribution in [3.8, 4) is 6.07 Å². The molecule has 0 aromatic carbocycles.